The van der Waals surface area contributed by atoms with Gasteiger partial charge < -0.3 is 10.6 Å². The first-order valence-electron chi connectivity index (χ1n) is 6.27. The summed E-state index contributed by atoms with van der Waals surface area (Å²) in [5.74, 6) is 1.55. The van der Waals surface area contributed by atoms with Crippen LogP contribution in [0.3, 0.4) is 0 Å². The molecule has 0 aromatic rings. The molecule has 2 N–H and O–H groups in total. The molecule has 0 atom stereocenters. The molecular formula is C12H22N2O2S. The number of thioether (sulfide) groups is 1. The van der Waals surface area contributed by atoms with E-state index in [-0.39, 0.29) is 11.8 Å². The highest BCUT2D eigenvalue weighted by molar-refractivity contribution is 8.00. The number of nitrogens with one attached hydrogen (secondary N) is 2. The Kier molecular flexibility index (Phi) is 7.08. The maximum atomic E-state index is 11.4. The summed E-state index contributed by atoms with van der Waals surface area (Å²) in [7, 11) is 1.60. The van der Waals surface area contributed by atoms with Gasteiger partial charge in [-0.2, -0.15) is 0 Å². The van der Waals surface area contributed by atoms with Crippen LogP contribution in [-0.4, -0.2) is 36.9 Å². The normalized spacial score (nSPS) is 15.8. The molecule has 0 aromatic heterocycles. The van der Waals surface area contributed by atoms with Crippen molar-refractivity contribution in [2.75, 3.05) is 25.1 Å². The molecule has 0 radical (unpaired) electrons. The molecule has 0 heterocycles. The number of carbonyl (C=O) groups is 2. The Morgan fingerprint density at radius 3 is 2.47 bits per heavy atom. The van der Waals surface area contributed by atoms with Crippen LogP contribution >= 0.6 is 11.8 Å². The molecule has 5 heteroatoms. The van der Waals surface area contributed by atoms with Crippen molar-refractivity contribution in [3.63, 3.8) is 0 Å². The van der Waals surface area contributed by atoms with Gasteiger partial charge in [-0.15, -0.1) is 11.8 Å². The molecule has 0 bridgehead atoms. The van der Waals surface area contributed by atoms with E-state index in [1.54, 1.807) is 7.05 Å². The number of rotatable bonds is 7. The second-order valence-electron chi connectivity index (χ2n) is 4.46. The minimum atomic E-state index is -0.0336. The second kappa shape index (κ2) is 8.39. The van der Waals surface area contributed by atoms with Gasteiger partial charge in [0.25, 0.3) is 0 Å². The molecule has 1 rings (SSSR count). The van der Waals surface area contributed by atoms with Crippen LogP contribution in [0.15, 0.2) is 0 Å². The maximum Gasteiger partial charge on any atom is 0.230 e. The van der Waals surface area contributed by atoms with Gasteiger partial charge in [-0.05, 0) is 12.3 Å². The van der Waals surface area contributed by atoms with E-state index in [0.717, 1.165) is 18.9 Å². The van der Waals surface area contributed by atoms with Crippen molar-refractivity contribution in [1.29, 1.82) is 0 Å². The van der Waals surface area contributed by atoms with Crippen LogP contribution in [0.5, 0.6) is 0 Å². The zero-order chi connectivity index (χ0) is 12.5. The van der Waals surface area contributed by atoms with Crippen LogP contribution in [0.2, 0.25) is 0 Å². The van der Waals surface area contributed by atoms with E-state index in [1.807, 2.05) is 0 Å². The fourth-order valence-electron chi connectivity index (χ4n) is 2.07. The van der Waals surface area contributed by atoms with Crippen molar-refractivity contribution < 1.29 is 9.59 Å². The quantitative estimate of drug-likeness (QED) is 0.720. The Morgan fingerprint density at radius 2 is 1.82 bits per heavy atom. The van der Waals surface area contributed by atoms with Gasteiger partial charge in [0.15, 0.2) is 0 Å². The van der Waals surface area contributed by atoms with Gasteiger partial charge in [-0.25, -0.2) is 0 Å². The molecule has 0 aliphatic heterocycles. The van der Waals surface area contributed by atoms with E-state index in [4.69, 9.17) is 0 Å². The van der Waals surface area contributed by atoms with Gasteiger partial charge in [-0.3, -0.25) is 9.59 Å². The summed E-state index contributed by atoms with van der Waals surface area (Å²) < 4.78 is 0. The average molecular weight is 258 g/mol. The first-order valence-corrected chi connectivity index (χ1v) is 7.43. The van der Waals surface area contributed by atoms with E-state index in [0.29, 0.717) is 11.5 Å². The summed E-state index contributed by atoms with van der Waals surface area (Å²) in [6.45, 7) is 0.782. The predicted molar refractivity (Wildman–Crippen MR) is 71.0 cm³/mol. The fourth-order valence-corrected chi connectivity index (χ4v) is 2.79. The molecule has 0 spiro atoms. The van der Waals surface area contributed by atoms with E-state index < -0.39 is 0 Å². The third-order valence-corrected chi connectivity index (χ3v) is 4.03. The smallest absolute Gasteiger partial charge is 0.230 e. The zero-order valence-corrected chi connectivity index (χ0v) is 11.3. The van der Waals surface area contributed by atoms with Gasteiger partial charge in [-0.1, -0.05) is 25.7 Å². The Bertz CT molecular complexity index is 253. The molecule has 0 saturated heterocycles. The zero-order valence-electron chi connectivity index (χ0n) is 10.5. The molecular weight excluding hydrogens is 236 g/mol. The summed E-state index contributed by atoms with van der Waals surface area (Å²) in [6, 6.07) is 0. The van der Waals surface area contributed by atoms with Crippen molar-refractivity contribution in [2.24, 2.45) is 5.92 Å². The predicted octanol–water partition coefficient (Wildman–Crippen LogP) is 1.16. The molecule has 1 aliphatic carbocycles. The summed E-state index contributed by atoms with van der Waals surface area (Å²) in [5.41, 5.74) is 0. The number of carbonyl (C=O) groups excluding carboxylic acids is 2. The fraction of sp³-hybridized carbons (Fsp3) is 0.833. The van der Waals surface area contributed by atoms with Crippen LogP contribution in [0, 0.1) is 5.92 Å². The van der Waals surface area contributed by atoms with Gasteiger partial charge >= 0.3 is 0 Å². The van der Waals surface area contributed by atoms with E-state index in [2.05, 4.69) is 10.6 Å². The van der Waals surface area contributed by atoms with Crippen molar-refractivity contribution in [3.05, 3.63) is 0 Å². The van der Waals surface area contributed by atoms with Crippen LogP contribution < -0.4 is 10.6 Å². The topological polar surface area (TPSA) is 58.2 Å². The van der Waals surface area contributed by atoms with Crippen LogP contribution in [0.1, 0.15) is 32.1 Å². The molecule has 0 aromatic carbocycles. The molecule has 1 fully saturated rings. The maximum absolute atomic E-state index is 11.4. The molecule has 17 heavy (non-hydrogen) atoms. The second-order valence-corrected chi connectivity index (χ2v) is 5.44. The first kappa shape index (κ1) is 14.4. The number of amides is 2. The number of hydrogen-bond donors (Lipinski definition) is 2. The van der Waals surface area contributed by atoms with Crippen LogP contribution in [-0.2, 0) is 9.59 Å². The van der Waals surface area contributed by atoms with E-state index in [9.17, 15) is 9.59 Å². The minimum absolute atomic E-state index is 0.0336. The summed E-state index contributed by atoms with van der Waals surface area (Å²) in [5, 5.41) is 5.44. The highest BCUT2D eigenvalue weighted by atomic mass is 32.2. The standard InChI is InChI=1S/C12H22N2O2S/c1-13-11(15)8-17-9-12(16)14-7-6-10-4-2-3-5-10/h10H,2-9H2,1H3,(H,13,15)(H,14,16). The molecule has 2 amide bonds. The van der Waals surface area contributed by atoms with Crippen LogP contribution in [0.25, 0.3) is 0 Å². The Hall–Kier alpha value is -0.710. The molecule has 1 saturated carbocycles. The lowest BCUT2D eigenvalue weighted by molar-refractivity contribution is -0.118. The SMILES string of the molecule is CNC(=O)CSCC(=O)NCCC1CCCC1. The van der Waals surface area contributed by atoms with E-state index in [1.165, 1.54) is 37.4 Å². The van der Waals surface area contributed by atoms with Gasteiger partial charge in [0.1, 0.15) is 0 Å². The van der Waals surface area contributed by atoms with Crippen molar-refractivity contribution >= 4 is 23.6 Å². The monoisotopic (exact) mass is 258 g/mol. The molecule has 4 nitrogen and oxygen atoms in total. The lowest BCUT2D eigenvalue weighted by Crippen LogP contribution is -2.28. The lowest BCUT2D eigenvalue weighted by atomic mass is 10.0. The minimum Gasteiger partial charge on any atom is -0.358 e. The van der Waals surface area contributed by atoms with Crippen molar-refractivity contribution in [1.82, 2.24) is 10.6 Å². The summed E-state index contributed by atoms with van der Waals surface area (Å²) in [6.07, 6.45) is 6.44. The molecule has 1 aliphatic rings. The van der Waals surface area contributed by atoms with Crippen LogP contribution in [0.4, 0.5) is 0 Å². The van der Waals surface area contributed by atoms with Crippen molar-refractivity contribution in [3.8, 4) is 0 Å². The number of hydrogen-bond acceptors (Lipinski definition) is 3. The highest BCUT2D eigenvalue weighted by Gasteiger charge is 2.14. The molecule has 98 valence electrons. The van der Waals surface area contributed by atoms with E-state index >= 15 is 0 Å². The molecule has 0 unspecified atom stereocenters. The Balaban J connectivity index is 1.95. The van der Waals surface area contributed by atoms with Gasteiger partial charge in [0.2, 0.25) is 11.8 Å². The van der Waals surface area contributed by atoms with Gasteiger partial charge in [0.05, 0.1) is 11.5 Å². The summed E-state index contributed by atoms with van der Waals surface area (Å²) in [4.78, 5) is 22.3. The van der Waals surface area contributed by atoms with Crippen molar-refractivity contribution in [2.45, 2.75) is 32.1 Å². The average Bonchev–Trinajstić information content (AvgIpc) is 2.82. The summed E-state index contributed by atoms with van der Waals surface area (Å²) >= 11 is 1.35. The first-order chi connectivity index (χ1) is 8.22. The lowest BCUT2D eigenvalue weighted by Gasteiger charge is -2.09. The highest BCUT2D eigenvalue weighted by Crippen LogP contribution is 2.26. The Labute approximate surface area is 107 Å². The van der Waals surface area contributed by atoms with Gasteiger partial charge in [0, 0.05) is 13.6 Å². The third-order valence-electron chi connectivity index (χ3n) is 3.09. The Morgan fingerprint density at radius 1 is 1.18 bits per heavy atom. The largest absolute Gasteiger partial charge is 0.358 e. The third kappa shape index (κ3) is 6.56.